The Hall–Kier alpha value is -0.655. The van der Waals surface area contributed by atoms with Crippen LogP contribution in [0, 0.1) is 20.8 Å². The number of aromatic nitrogens is 1. The van der Waals surface area contributed by atoms with Crippen LogP contribution in [0.5, 0.6) is 0 Å². The van der Waals surface area contributed by atoms with E-state index in [9.17, 15) is 0 Å². The fraction of sp³-hybridized carbons (Fsp3) is 0.667. The van der Waals surface area contributed by atoms with Crippen molar-refractivity contribution in [2.24, 2.45) is 7.05 Å². The van der Waals surface area contributed by atoms with E-state index in [0.29, 0.717) is 0 Å². The first kappa shape index (κ1) is 11.4. The van der Waals surface area contributed by atoms with Crippen LogP contribution in [0.2, 0.25) is 12.6 Å². The molecule has 0 unspecified atom stereocenters. The summed E-state index contributed by atoms with van der Waals surface area (Å²) in [6.07, 6.45) is 2.80. The predicted octanol–water partition coefficient (Wildman–Crippen LogP) is 2.69. The minimum Gasteiger partial charge on any atom is -0.360 e. The Bertz CT molecular complexity index is 296. The first-order chi connectivity index (χ1) is 6.63. The second-order valence-electron chi connectivity index (χ2n) is 4.05. The Morgan fingerprint density at radius 3 is 1.79 bits per heavy atom. The zero-order chi connectivity index (χ0) is 10.9. The summed E-state index contributed by atoms with van der Waals surface area (Å²) in [6, 6.07) is 0. The lowest BCUT2D eigenvalue weighted by Crippen LogP contribution is -2.25. The molecular weight excluding hydrogens is 169 g/mol. The van der Waals surface area contributed by atoms with Gasteiger partial charge in [-0.05, 0) is 37.5 Å². The summed E-state index contributed by atoms with van der Waals surface area (Å²) in [5.74, 6) is 0. The lowest BCUT2D eigenvalue weighted by atomic mass is 9.65. The van der Waals surface area contributed by atoms with E-state index in [1.807, 2.05) is 13.8 Å². The molecule has 0 amide bonds. The number of rotatable bonds is 1. The van der Waals surface area contributed by atoms with E-state index in [2.05, 4.69) is 32.4 Å². The van der Waals surface area contributed by atoms with E-state index in [1.165, 1.54) is 29.5 Å². The Balaban J connectivity index is 0.000000461. The third-order valence-electron chi connectivity index (χ3n) is 3.32. The van der Waals surface area contributed by atoms with E-state index in [-0.39, 0.29) is 0 Å². The molecule has 0 N–H and O–H groups in total. The second kappa shape index (κ2) is 4.25. The minimum absolute atomic E-state index is 0.877. The monoisotopic (exact) mass is 191 g/mol. The van der Waals surface area contributed by atoms with Crippen molar-refractivity contribution in [3.8, 4) is 0 Å². The van der Waals surface area contributed by atoms with Gasteiger partial charge in [0.15, 0.2) is 6.71 Å². The number of nitrogens with zero attached hydrogens (tertiary/aromatic N) is 1. The average molecular weight is 191 g/mol. The van der Waals surface area contributed by atoms with Gasteiger partial charge < -0.3 is 4.57 Å². The topological polar surface area (TPSA) is 4.93 Å². The molecule has 0 spiro atoms. The molecule has 14 heavy (non-hydrogen) atoms. The average Bonchev–Trinajstić information content (AvgIpc) is 2.99. The Labute approximate surface area is 88.6 Å². The van der Waals surface area contributed by atoms with Crippen LogP contribution in [-0.2, 0) is 7.05 Å². The lowest BCUT2D eigenvalue weighted by Gasteiger charge is -2.02. The quantitative estimate of drug-likeness (QED) is 0.601. The van der Waals surface area contributed by atoms with Crippen molar-refractivity contribution in [1.29, 1.82) is 0 Å². The molecule has 0 aromatic carbocycles. The van der Waals surface area contributed by atoms with Crippen molar-refractivity contribution in [1.82, 2.24) is 4.57 Å². The summed E-state index contributed by atoms with van der Waals surface area (Å²) >= 11 is 0. The first-order valence-corrected chi connectivity index (χ1v) is 5.75. The van der Waals surface area contributed by atoms with Crippen molar-refractivity contribution in [2.75, 3.05) is 0 Å². The van der Waals surface area contributed by atoms with Gasteiger partial charge in [0.2, 0.25) is 0 Å². The highest BCUT2D eigenvalue weighted by Gasteiger charge is 2.33. The van der Waals surface area contributed by atoms with E-state index in [4.69, 9.17) is 0 Å². The fourth-order valence-corrected chi connectivity index (χ4v) is 2.08. The van der Waals surface area contributed by atoms with Crippen molar-refractivity contribution >= 4 is 12.3 Å². The molecule has 0 aliphatic carbocycles. The molecule has 1 nitrogen and oxygen atoms in total. The molecule has 1 aromatic heterocycles. The normalized spacial score (nSPS) is 13.7. The van der Waals surface area contributed by atoms with E-state index in [1.54, 1.807) is 5.59 Å². The molecule has 1 aromatic rings. The van der Waals surface area contributed by atoms with Gasteiger partial charge in [0.1, 0.15) is 0 Å². The molecule has 1 aliphatic rings. The molecule has 78 valence electrons. The molecule has 1 saturated heterocycles. The molecule has 2 heterocycles. The van der Waals surface area contributed by atoms with Gasteiger partial charge in [-0.1, -0.05) is 26.5 Å². The summed E-state index contributed by atoms with van der Waals surface area (Å²) in [4.78, 5) is 0. The molecule has 1 aliphatic heterocycles. The van der Waals surface area contributed by atoms with Crippen molar-refractivity contribution in [2.45, 2.75) is 47.3 Å². The predicted molar refractivity (Wildman–Crippen MR) is 66.0 cm³/mol. The van der Waals surface area contributed by atoms with Gasteiger partial charge in [-0.15, -0.1) is 0 Å². The first-order valence-electron chi connectivity index (χ1n) is 5.75. The summed E-state index contributed by atoms with van der Waals surface area (Å²) < 4.78 is 2.38. The summed E-state index contributed by atoms with van der Waals surface area (Å²) in [6.45, 7) is 11.6. The Morgan fingerprint density at radius 1 is 1.00 bits per heavy atom. The van der Waals surface area contributed by atoms with Gasteiger partial charge in [-0.25, -0.2) is 0 Å². The fourth-order valence-electron chi connectivity index (χ4n) is 2.08. The van der Waals surface area contributed by atoms with Gasteiger partial charge >= 0.3 is 0 Å². The largest absolute Gasteiger partial charge is 0.360 e. The molecular formula is C12H22BN. The maximum Gasteiger partial charge on any atom is 0.196 e. The molecule has 2 heteroatoms. The maximum atomic E-state index is 2.38. The van der Waals surface area contributed by atoms with Crippen molar-refractivity contribution in [3.63, 3.8) is 0 Å². The summed E-state index contributed by atoms with van der Waals surface area (Å²) in [5.41, 5.74) is 6.04. The van der Waals surface area contributed by atoms with E-state index in [0.717, 1.165) is 6.71 Å². The molecule has 0 radical (unpaired) electrons. The van der Waals surface area contributed by atoms with Crippen LogP contribution in [0.15, 0.2) is 0 Å². The summed E-state index contributed by atoms with van der Waals surface area (Å²) in [7, 11) is 2.20. The van der Waals surface area contributed by atoms with Crippen LogP contribution in [0.1, 0.15) is 30.7 Å². The molecule has 0 atom stereocenters. The molecule has 0 saturated carbocycles. The standard InChI is InChI=1S/C10H16BN.C2H6/c1-7-8(2)10(11-5-6-11)12(4)9(7)3;1-2/h5-6H2,1-4H3;1-2H3. The third kappa shape index (κ3) is 1.75. The third-order valence-corrected chi connectivity index (χ3v) is 3.32. The zero-order valence-corrected chi connectivity index (χ0v) is 10.4. The van der Waals surface area contributed by atoms with Gasteiger partial charge in [0.25, 0.3) is 0 Å². The van der Waals surface area contributed by atoms with Gasteiger partial charge in [0, 0.05) is 12.7 Å². The molecule has 2 rings (SSSR count). The number of hydrogen-bond acceptors (Lipinski definition) is 0. The Morgan fingerprint density at radius 2 is 1.50 bits per heavy atom. The van der Waals surface area contributed by atoms with Crippen LogP contribution >= 0.6 is 0 Å². The van der Waals surface area contributed by atoms with Crippen LogP contribution in [0.25, 0.3) is 0 Å². The SMILES string of the molecule is CC.Cc1c(C)c(B2CC2)n(C)c1C. The van der Waals surface area contributed by atoms with Crippen LogP contribution in [0.3, 0.4) is 0 Å². The highest BCUT2D eigenvalue weighted by atomic mass is 14.9. The lowest BCUT2D eigenvalue weighted by molar-refractivity contribution is 0.900. The van der Waals surface area contributed by atoms with Gasteiger partial charge in [-0.2, -0.15) is 0 Å². The Kier molecular flexibility index (Phi) is 3.46. The highest BCUT2D eigenvalue weighted by Crippen LogP contribution is 2.24. The maximum absolute atomic E-state index is 2.38. The minimum atomic E-state index is 0.877. The van der Waals surface area contributed by atoms with Crippen LogP contribution in [0.4, 0.5) is 0 Å². The molecule has 1 fully saturated rings. The zero-order valence-electron chi connectivity index (χ0n) is 10.4. The van der Waals surface area contributed by atoms with Crippen LogP contribution < -0.4 is 5.59 Å². The van der Waals surface area contributed by atoms with Gasteiger partial charge in [-0.3, -0.25) is 0 Å². The number of hydrogen-bond donors (Lipinski definition) is 0. The summed E-state index contributed by atoms with van der Waals surface area (Å²) in [5, 5.41) is 0. The second-order valence-corrected chi connectivity index (χ2v) is 4.05. The van der Waals surface area contributed by atoms with Crippen molar-refractivity contribution < 1.29 is 0 Å². The molecule has 0 bridgehead atoms. The van der Waals surface area contributed by atoms with E-state index >= 15 is 0 Å². The van der Waals surface area contributed by atoms with Crippen molar-refractivity contribution in [3.05, 3.63) is 16.8 Å². The smallest absolute Gasteiger partial charge is 0.196 e. The highest BCUT2D eigenvalue weighted by molar-refractivity contribution is 6.82. The van der Waals surface area contributed by atoms with Gasteiger partial charge in [0.05, 0.1) is 0 Å². The van der Waals surface area contributed by atoms with Crippen LogP contribution in [-0.4, -0.2) is 11.3 Å². The van der Waals surface area contributed by atoms with E-state index < -0.39 is 0 Å².